The predicted octanol–water partition coefficient (Wildman–Crippen LogP) is 2.45. The van der Waals surface area contributed by atoms with Crippen LogP contribution in [0.1, 0.15) is 22.5 Å². The first kappa shape index (κ1) is 14.1. The van der Waals surface area contributed by atoms with Crippen molar-refractivity contribution in [1.82, 2.24) is 10.3 Å². The Hall–Kier alpha value is -2.36. The molecule has 104 valence electrons. The van der Waals surface area contributed by atoms with Gasteiger partial charge >= 0.3 is 0 Å². The lowest BCUT2D eigenvalue weighted by atomic mass is 10.1. The number of carbonyl (C=O) groups excluding carboxylic acids is 1. The summed E-state index contributed by atoms with van der Waals surface area (Å²) in [4.78, 5) is 16.3. The third-order valence-corrected chi connectivity index (χ3v) is 2.97. The zero-order chi connectivity index (χ0) is 14.2. The first-order chi connectivity index (χ1) is 9.81. The van der Waals surface area contributed by atoms with E-state index in [9.17, 15) is 4.79 Å². The predicted molar refractivity (Wildman–Crippen MR) is 77.9 cm³/mol. The number of ether oxygens (including phenoxy) is 1. The molecular weight excluding hydrogens is 252 g/mol. The highest BCUT2D eigenvalue weighted by molar-refractivity contribution is 5.96. The van der Waals surface area contributed by atoms with Crippen LogP contribution in [0.3, 0.4) is 0 Å². The van der Waals surface area contributed by atoms with Crippen molar-refractivity contribution in [1.29, 1.82) is 0 Å². The Kier molecular flexibility index (Phi) is 5.12. The molecule has 1 N–H and O–H groups in total. The number of nitrogens with zero attached hydrogens (tertiary/aromatic N) is 1. The molecule has 4 heteroatoms. The summed E-state index contributed by atoms with van der Waals surface area (Å²) in [6.07, 6.45) is 3.49. The minimum absolute atomic E-state index is 0.108. The van der Waals surface area contributed by atoms with Crippen LogP contribution in [0.15, 0.2) is 48.7 Å². The van der Waals surface area contributed by atoms with Crippen molar-refractivity contribution < 1.29 is 9.53 Å². The number of aromatic nitrogens is 1. The lowest BCUT2D eigenvalue weighted by Gasteiger charge is -2.08. The quantitative estimate of drug-likeness (QED) is 0.820. The first-order valence-electron chi connectivity index (χ1n) is 6.62. The highest BCUT2D eigenvalue weighted by Gasteiger charge is 2.10. The van der Waals surface area contributed by atoms with E-state index in [2.05, 4.69) is 10.3 Å². The number of rotatable bonds is 6. The van der Waals surface area contributed by atoms with Crippen LogP contribution in [0.4, 0.5) is 0 Å². The highest BCUT2D eigenvalue weighted by atomic mass is 16.5. The van der Waals surface area contributed by atoms with E-state index in [-0.39, 0.29) is 5.91 Å². The van der Waals surface area contributed by atoms with Gasteiger partial charge in [0, 0.05) is 18.4 Å². The second kappa shape index (κ2) is 7.28. The van der Waals surface area contributed by atoms with Crippen molar-refractivity contribution in [3.63, 3.8) is 0 Å². The number of hydrogen-bond acceptors (Lipinski definition) is 3. The molecule has 1 aromatic carbocycles. The molecule has 0 radical (unpaired) electrons. The van der Waals surface area contributed by atoms with Gasteiger partial charge in [0.1, 0.15) is 5.75 Å². The lowest BCUT2D eigenvalue weighted by molar-refractivity contribution is 0.0950. The van der Waals surface area contributed by atoms with Gasteiger partial charge in [-0.15, -0.1) is 0 Å². The van der Waals surface area contributed by atoms with Gasteiger partial charge in [-0.25, -0.2) is 0 Å². The topological polar surface area (TPSA) is 51.2 Å². The van der Waals surface area contributed by atoms with Crippen LogP contribution in [0.2, 0.25) is 0 Å². The maximum atomic E-state index is 12.0. The third kappa shape index (κ3) is 3.82. The SMILES string of the molecule is COc1ccccc1C(=O)NCCCc1ccccn1. The Labute approximate surface area is 118 Å². The fraction of sp³-hybridized carbons (Fsp3) is 0.250. The molecule has 0 spiro atoms. The number of para-hydroxylation sites is 1. The molecule has 0 aliphatic carbocycles. The minimum Gasteiger partial charge on any atom is -0.496 e. The number of nitrogens with one attached hydrogen (secondary N) is 1. The van der Waals surface area contributed by atoms with Crippen LogP contribution in [0.5, 0.6) is 5.75 Å². The fourth-order valence-electron chi connectivity index (χ4n) is 1.94. The largest absolute Gasteiger partial charge is 0.496 e. The molecule has 0 aliphatic rings. The van der Waals surface area contributed by atoms with Crippen molar-refractivity contribution in [2.45, 2.75) is 12.8 Å². The number of benzene rings is 1. The minimum atomic E-state index is -0.108. The molecule has 0 saturated heterocycles. The van der Waals surface area contributed by atoms with Crippen LogP contribution in [-0.4, -0.2) is 24.5 Å². The number of amides is 1. The standard InChI is InChI=1S/C16H18N2O2/c1-20-15-10-3-2-9-14(15)16(19)18-12-6-8-13-7-4-5-11-17-13/h2-5,7,9-11H,6,8,12H2,1H3,(H,18,19). The van der Waals surface area contributed by atoms with Crippen molar-refractivity contribution in [2.75, 3.05) is 13.7 Å². The van der Waals surface area contributed by atoms with Crippen LogP contribution >= 0.6 is 0 Å². The smallest absolute Gasteiger partial charge is 0.255 e. The van der Waals surface area contributed by atoms with Gasteiger partial charge in [0.2, 0.25) is 0 Å². The second-order valence-corrected chi connectivity index (χ2v) is 4.38. The summed E-state index contributed by atoms with van der Waals surface area (Å²) >= 11 is 0. The number of pyridine rings is 1. The summed E-state index contributed by atoms with van der Waals surface area (Å²) in [5, 5.41) is 2.90. The van der Waals surface area contributed by atoms with Gasteiger partial charge in [0.25, 0.3) is 5.91 Å². The van der Waals surface area contributed by atoms with Crippen LogP contribution in [0.25, 0.3) is 0 Å². The van der Waals surface area contributed by atoms with E-state index in [1.165, 1.54) is 0 Å². The molecule has 1 heterocycles. The third-order valence-electron chi connectivity index (χ3n) is 2.97. The number of carbonyl (C=O) groups is 1. The molecule has 0 atom stereocenters. The zero-order valence-electron chi connectivity index (χ0n) is 11.5. The fourth-order valence-corrected chi connectivity index (χ4v) is 1.94. The Balaban J connectivity index is 1.81. The van der Waals surface area contributed by atoms with E-state index in [4.69, 9.17) is 4.74 Å². The van der Waals surface area contributed by atoms with Crippen molar-refractivity contribution in [2.24, 2.45) is 0 Å². The zero-order valence-corrected chi connectivity index (χ0v) is 11.5. The Bertz CT molecular complexity index is 555. The molecule has 1 aromatic heterocycles. The molecule has 20 heavy (non-hydrogen) atoms. The molecule has 1 amide bonds. The molecule has 0 aliphatic heterocycles. The summed E-state index contributed by atoms with van der Waals surface area (Å²) in [5.74, 6) is 0.484. The number of hydrogen-bond donors (Lipinski definition) is 1. The van der Waals surface area contributed by atoms with E-state index >= 15 is 0 Å². The maximum Gasteiger partial charge on any atom is 0.255 e. The van der Waals surface area contributed by atoms with Gasteiger partial charge in [0.15, 0.2) is 0 Å². The van der Waals surface area contributed by atoms with Gasteiger partial charge in [0.05, 0.1) is 12.7 Å². The molecule has 0 saturated carbocycles. The van der Waals surface area contributed by atoms with Crippen molar-refractivity contribution >= 4 is 5.91 Å². The molecule has 0 unspecified atom stereocenters. The van der Waals surface area contributed by atoms with Gasteiger partial charge < -0.3 is 10.1 Å². The molecule has 0 bridgehead atoms. The summed E-state index contributed by atoms with van der Waals surface area (Å²) < 4.78 is 5.17. The van der Waals surface area contributed by atoms with Gasteiger partial charge in [-0.1, -0.05) is 18.2 Å². The Morgan fingerprint density at radius 1 is 1.20 bits per heavy atom. The molecule has 2 rings (SSSR count). The molecule has 2 aromatic rings. The number of aryl methyl sites for hydroxylation is 1. The molecule has 4 nitrogen and oxygen atoms in total. The second-order valence-electron chi connectivity index (χ2n) is 4.38. The van der Waals surface area contributed by atoms with Crippen LogP contribution in [-0.2, 0) is 6.42 Å². The number of methoxy groups -OCH3 is 1. The first-order valence-corrected chi connectivity index (χ1v) is 6.62. The van der Waals surface area contributed by atoms with Crippen molar-refractivity contribution in [3.8, 4) is 5.75 Å². The van der Waals surface area contributed by atoms with E-state index in [1.54, 1.807) is 25.4 Å². The van der Waals surface area contributed by atoms with Gasteiger partial charge in [-0.05, 0) is 37.1 Å². The summed E-state index contributed by atoms with van der Waals surface area (Å²) in [6.45, 7) is 0.619. The summed E-state index contributed by atoms with van der Waals surface area (Å²) in [5.41, 5.74) is 1.60. The highest BCUT2D eigenvalue weighted by Crippen LogP contribution is 2.16. The van der Waals surface area contributed by atoms with Crippen LogP contribution < -0.4 is 10.1 Å². The Morgan fingerprint density at radius 3 is 2.75 bits per heavy atom. The average molecular weight is 270 g/mol. The van der Waals surface area contributed by atoms with E-state index in [1.807, 2.05) is 30.3 Å². The van der Waals surface area contributed by atoms with Gasteiger partial charge in [-0.3, -0.25) is 9.78 Å². The van der Waals surface area contributed by atoms with E-state index in [0.717, 1.165) is 18.5 Å². The van der Waals surface area contributed by atoms with Gasteiger partial charge in [-0.2, -0.15) is 0 Å². The lowest BCUT2D eigenvalue weighted by Crippen LogP contribution is -2.25. The normalized spacial score (nSPS) is 10.1. The molecular formula is C16H18N2O2. The van der Waals surface area contributed by atoms with E-state index in [0.29, 0.717) is 17.9 Å². The maximum absolute atomic E-state index is 12.0. The monoisotopic (exact) mass is 270 g/mol. The molecule has 0 fully saturated rings. The van der Waals surface area contributed by atoms with Crippen molar-refractivity contribution in [3.05, 3.63) is 59.9 Å². The van der Waals surface area contributed by atoms with Crippen LogP contribution in [0, 0.1) is 0 Å². The van der Waals surface area contributed by atoms with E-state index < -0.39 is 0 Å². The Morgan fingerprint density at radius 2 is 2.00 bits per heavy atom. The average Bonchev–Trinajstić information content (AvgIpc) is 2.52. The summed E-state index contributed by atoms with van der Waals surface area (Å²) in [7, 11) is 1.56. The summed E-state index contributed by atoms with van der Waals surface area (Å²) in [6, 6.07) is 13.1.